The van der Waals surface area contributed by atoms with Gasteiger partial charge in [-0.05, 0) is 6.92 Å². The standard InChI is InChI=1S/C12H14O8S/c1-5(2)10(13)19-7-6-4-12(11(14)17-3)9(18-6)8(7)20-21(12,15)16/h6-9H,1,4H2,2-3H3. The number of esters is 2. The van der Waals surface area contributed by atoms with Gasteiger partial charge in [0.2, 0.25) is 4.75 Å². The van der Waals surface area contributed by atoms with Crippen LogP contribution in [0.3, 0.4) is 0 Å². The van der Waals surface area contributed by atoms with Crippen LogP contribution in [0, 0.1) is 0 Å². The van der Waals surface area contributed by atoms with E-state index >= 15 is 0 Å². The number of rotatable bonds is 3. The lowest BCUT2D eigenvalue weighted by Crippen LogP contribution is -2.54. The molecule has 8 nitrogen and oxygen atoms in total. The molecule has 0 aromatic carbocycles. The van der Waals surface area contributed by atoms with E-state index in [9.17, 15) is 18.0 Å². The zero-order valence-corrected chi connectivity index (χ0v) is 12.2. The fourth-order valence-corrected chi connectivity index (χ4v) is 4.91. The summed E-state index contributed by atoms with van der Waals surface area (Å²) in [5, 5.41) is 0. The van der Waals surface area contributed by atoms with Crippen molar-refractivity contribution in [1.82, 2.24) is 0 Å². The van der Waals surface area contributed by atoms with Gasteiger partial charge in [-0.1, -0.05) is 6.58 Å². The van der Waals surface area contributed by atoms with E-state index in [-0.39, 0.29) is 12.0 Å². The van der Waals surface area contributed by atoms with E-state index in [1.54, 1.807) is 0 Å². The minimum atomic E-state index is -4.21. The lowest BCUT2D eigenvalue weighted by atomic mass is 9.84. The highest BCUT2D eigenvalue weighted by molar-refractivity contribution is 7.89. The van der Waals surface area contributed by atoms with Crippen LogP contribution in [0.4, 0.5) is 0 Å². The van der Waals surface area contributed by atoms with E-state index in [0.717, 1.165) is 7.11 Å². The topological polar surface area (TPSA) is 105 Å². The summed E-state index contributed by atoms with van der Waals surface area (Å²) in [5.74, 6) is -1.57. The molecule has 5 unspecified atom stereocenters. The first-order chi connectivity index (χ1) is 9.74. The largest absolute Gasteiger partial charge is 0.468 e. The van der Waals surface area contributed by atoms with Gasteiger partial charge < -0.3 is 14.2 Å². The van der Waals surface area contributed by atoms with Crippen LogP contribution in [0.1, 0.15) is 13.3 Å². The van der Waals surface area contributed by atoms with E-state index in [1.165, 1.54) is 6.92 Å². The number of ether oxygens (including phenoxy) is 3. The van der Waals surface area contributed by atoms with Crippen molar-refractivity contribution in [3.63, 3.8) is 0 Å². The van der Waals surface area contributed by atoms with Crippen molar-refractivity contribution in [3.05, 3.63) is 12.2 Å². The predicted octanol–water partition coefficient (Wildman–Crippen LogP) is -0.714. The second-order valence-corrected chi connectivity index (χ2v) is 7.17. The van der Waals surface area contributed by atoms with Crippen LogP contribution in [0.15, 0.2) is 12.2 Å². The van der Waals surface area contributed by atoms with Gasteiger partial charge in [0, 0.05) is 12.0 Å². The smallest absolute Gasteiger partial charge is 0.333 e. The quantitative estimate of drug-likeness (QED) is 0.381. The molecule has 3 fully saturated rings. The van der Waals surface area contributed by atoms with Crippen LogP contribution in [0.2, 0.25) is 0 Å². The van der Waals surface area contributed by atoms with Crippen molar-refractivity contribution in [2.75, 3.05) is 7.11 Å². The van der Waals surface area contributed by atoms with Gasteiger partial charge in [0.1, 0.15) is 18.3 Å². The molecule has 2 bridgehead atoms. The van der Waals surface area contributed by atoms with Gasteiger partial charge in [0.25, 0.3) is 10.1 Å². The highest BCUT2D eigenvalue weighted by atomic mass is 32.2. The Kier molecular flexibility index (Phi) is 2.95. The summed E-state index contributed by atoms with van der Waals surface area (Å²) >= 11 is 0. The van der Waals surface area contributed by atoms with E-state index < -0.39 is 51.2 Å². The number of fused-ring (bicyclic) bond motifs is 1. The van der Waals surface area contributed by atoms with E-state index in [2.05, 4.69) is 11.3 Å². The molecular weight excluding hydrogens is 304 g/mol. The molecule has 3 rings (SSSR count). The van der Waals surface area contributed by atoms with Crippen molar-refractivity contribution in [3.8, 4) is 0 Å². The molecule has 0 aromatic rings. The number of methoxy groups -OCH3 is 1. The Morgan fingerprint density at radius 3 is 2.62 bits per heavy atom. The summed E-state index contributed by atoms with van der Waals surface area (Å²) in [6.07, 6.45) is -3.81. The van der Waals surface area contributed by atoms with Crippen LogP contribution >= 0.6 is 0 Å². The second-order valence-electron chi connectivity index (χ2n) is 5.35. The van der Waals surface area contributed by atoms with Gasteiger partial charge in [-0.2, -0.15) is 8.42 Å². The number of hydrogen-bond acceptors (Lipinski definition) is 8. The molecule has 0 spiro atoms. The first kappa shape index (κ1) is 14.5. The van der Waals surface area contributed by atoms with Crippen molar-refractivity contribution in [2.45, 2.75) is 42.5 Å². The SMILES string of the molecule is C=C(C)C(=O)OC1C2CC3(C(=O)OC)C(O2)C1OS3(=O)=O. The summed E-state index contributed by atoms with van der Waals surface area (Å²) in [4.78, 5) is 23.6. The van der Waals surface area contributed by atoms with Crippen LogP contribution in [-0.2, 0) is 38.1 Å². The Morgan fingerprint density at radius 1 is 1.38 bits per heavy atom. The minimum absolute atomic E-state index is 0.155. The van der Waals surface area contributed by atoms with Gasteiger partial charge in [-0.15, -0.1) is 0 Å². The maximum Gasteiger partial charge on any atom is 0.333 e. The average molecular weight is 318 g/mol. The summed E-state index contributed by atoms with van der Waals surface area (Å²) in [6, 6.07) is 0. The Balaban J connectivity index is 1.94. The van der Waals surface area contributed by atoms with E-state index in [1.807, 2.05) is 0 Å². The number of carbonyl (C=O) groups excluding carboxylic acids is 2. The monoisotopic (exact) mass is 318 g/mol. The molecule has 3 saturated heterocycles. The molecule has 0 radical (unpaired) electrons. The average Bonchev–Trinajstić information content (AvgIpc) is 2.99. The molecule has 3 aliphatic heterocycles. The summed E-state index contributed by atoms with van der Waals surface area (Å²) < 4.78 is 42.8. The molecule has 3 heterocycles. The minimum Gasteiger partial charge on any atom is -0.468 e. The normalized spacial score (nSPS) is 41.8. The van der Waals surface area contributed by atoms with Crippen molar-refractivity contribution in [2.24, 2.45) is 0 Å². The third-order valence-electron chi connectivity index (χ3n) is 4.08. The van der Waals surface area contributed by atoms with Crippen LogP contribution in [-0.4, -0.2) is 56.6 Å². The van der Waals surface area contributed by atoms with E-state index in [0.29, 0.717) is 0 Å². The number of hydrogen-bond donors (Lipinski definition) is 0. The van der Waals surface area contributed by atoms with Crippen molar-refractivity contribution in [1.29, 1.82) is 0 Å². The van der Waals surface area contributed by atoms with Gasteiger partial charge in [0.15, 0.2) is 6.10 Å². The Labute approximate surface area is 121 Å². The summed E-state index contributed by atoms with van der Waals surface area (Å²) in [5.41, 5.74) is 0.179. The second kappa shape index (κ2) is 4.28. The predicted molar refractivity (Wildman–Crippen MR) is 66.5 cm³/mol. The van der Waals surface area contributed by atoms with Crippen LogP contribution in [0.5, 0.6) is 0 Å². The highest BCUT2D eigenvalue weighted by Gasteiger charge is 2.79. The van der Waals surface area contributed by atoms with Crippen LogP contribution in [0.25, 0.3) is 0 Å². The fraction of sp³-hybridized carbons (Fsp3) is 0.667. The lowest BCUT2D eigenvalue weighted by molar-refractivity contribution is -0.150. The summed E-state index contributed by atoms with van der Waals surface area (Å²) in [6.45, 7) is 4.93. The molecule has 0 amide bonds. The molecule has 9 heteroatoms. The van der Waals surface area contributed by atoms with Gasteiger partial charge >= 0.3 is 11.9 Å². The molecule has 116 valence electrons. The molecule has 0 N–H and O–H groups in total. The third kappa shape index (κ3) is 1.65. The number of carbonyl (C=O) groups is 2. The molecule has 3 aliphatic rings. The lowest BCUT2D eigenvalue weighted by Gasteiger charge is -2.26. The molecule has 21 heavy (non-hydrogen) atoms. The molecule has 5 atom stereocenters. The zero-order valence-electron chi connectivity index (χ0n) is 11.4. The Morgan fingerprint density at radius 2 is 2.05 bits per heavy atom. The molecule has 0 saturated carbocycles. The fourth-order valence-electron chi connectivity index (χ4n) is 3.10. The first-order valence-electron chi connectivity index (χ1n) is 6.28. The third-order valence-corrected chi connectivity index (χ3v) is 6.01. The summed E-state index contributed by atoms with van der Waals surface area (Å²) in [7, 11) is -3.10. The molecule has 0 aromatic heterocycles. The van der Waals surface area contributed by atoms with Gasteiger partial charge in [-0.25, -0.2) is 4.79 Å². The van der Waals surface area contributed by atoms with Gasteiger partial charge in [-0.3, -0.25) is 8.98 Å². The van der Waals surface area contributed by atoms with Gasteiger partial charge in [0.05, 0.1) is 7.11 Å². The Hall–Kier alpha value is -1.45. The molecule has 0 aliphatic carbocycles. The first-order valence-corrected chi connectivity index (χ1v) is 7.68. The highest BCUT2D eigenvalue weighted by Crippen LogP contribution is 2.55. The zero-order chi connectivity index (χ0) is 15.6. The van der Waals surface area contributed by atoms with E-state index in [4.69, 9.17) is 13.7 Å². The van der Waals surface area contributed by atoms with Crippen molar-refractivity contribution >= 4 is 22.1 Å². The Bertz CT molecular complexity index is 638. The maximum absolute atomic E-state index is 12.2. The van der Waals surface area contributed by atoms with Crippen LogP contribution < -0.4 is 0 Å². The maximum atomic E-state index is 12.2. The molecular formula is C12H14O8S. The van der Waals surface area contributed by atoms with Crippen molar-refractivity contribution < 1.29 is 36.4 Å².